The van der Waals surface area contributed by atoms with Crippen molar-refractivity contribution in [3.63, 3.8) is 0 Å². The van der Waals surface area contributed by atoms with E-state index in [2.05, 4.69) is 66.3 Å². The summed E-state index contributed by atoms with van der Waals surface area (Å²) in [4.78, 5) is 4.96. The number of nitrogens with one attached hydrogen (secondary N) is 1. The van der Waals surface area contributed by atoms with Gasteiger partial charge in [0.1, 0.15) is 11.9 Å². The van der Waals surface area contributed by atoms with E-state index in [0.29, 0.717) is 6.42 Å². The summed E-state index contributed by atoms with van der Waals surface area (Å²) in [6.07, 6.45) is 4.29. The molecule has 2 aromatic carbocycles. The van der Waals surface area contributed by atoms with Gasteiger partial charge in [0.25, 0.3) is 0 Å². The molecule has 4 nitrogen and oxygen atoms in total. The Hall–Kier alpha value is -3.11. The number of aliphatic hydroxyl groups excluding tert-OH is 1. The van der Waals surface area contributed by atoms with Crippen molar-refractivity contribution in [2.24, 2.45) is 0 Å². The minimum absolute atomic E-state index is 0.498. The Morgan fingerprint density at radius 2 is 1.85 bits per heavy atom. The summed E-state index contributed by atoms with van der Waals surface area (Å²) in [6, 6.07) is 16.8. The number of benzene rings is 2. The molecule has 0 aliphatic carbocycles. The molecular formula is C23H21N3O. The molecular weight excluding hydrogens is 334 g/mol. The largest absolute Gasteiger partial charge is 0.373 e. The zero-order valence-electron chi connectivity index (χ0n) is 15.4. The Morgan fingerprint density at radius 1 is 1.04 bits per heavy atom. The molecule has 134 valence electrons. The number of aryl methyl sites for hydroxylation is 2. The van der Waals surface area contributed by atoms with E-state index in [1.807, 2.05) is 18.2 Å². The molecule has 0 spiro atoms. The van der Waals surface area contributed by atoms with Gasteiger partial charge < -0.3 is 14.8 Å². The van der Waals surface area contributed by atoms with Gasteiger partial charge in [-0.15, -0.1) is 0 Å². The van der Waals surface area contributed by atoms with E-state index >= 15 is 0 Å². The molecule has 2 aromatic heterocycles. The van der Waals surface area contributed by atoms with Crippen LogP contribution in [0.4, 0.5) is 5.69 Å². The second kappa shape index (κ2) is 5.96. The Kier molecular flexibility index (Phi) is 3.55. The van der Waals surface area contributed by atoms with Crippen molar-refractivity contribution in [3.05, 3.63) is 77.6 Å². The van der Waals surface area contributed by atoms with Crippen LogP contribution in [0.5, 0.6) is 0 Å². The van der Waals surface area contributed by atoms with Gasteiger partial charge >= 0.3 is 0 Å². The van der Waals surface area contributed by atoms with Crippen LogP contribution >= 0.6 is 0 Å². The predicted octanol–water partition coefficient (Wildman–Crippen LogP) is 4.57. The fourth-order valence-corrected chi connectivity index (χ4v) is 4.05. The van der Waals surface area contributed by atoms with Crippen molar-refractivity contribution in [3.8, 4) is 22.4 Å². The second-order valence-electron chi connectivity index (χ2n) is 7.29. The smallest absolute Gasteiger partial charge is 0.145 e. The van der Waals surface area contributed by atoms with Gasteiger partial charge in [-0.3, -0.25) is 0 Å². The van der Waals surface area contributed by atoms with Crippen LogP contribution in [0.25, 0.3) is 28.0 Å². The van der Waals surface area contributed by atoms with Crippen LogP contribution in [0.1, 0.15) is 16.7 Å². The van der Waals surface area contributed by atoms with Crippen LogP contribution in [-0.4, -0.2) is 20.7 Å². The maximum Gasteiger partial charge on any atom is 0.145 e. The molecule has 0 amide bonds. The first-order valence-electron chi connectivity index (χ1n) is 9.22. The number of nitrogens with zero attached hydrogens (tertiary/aromatic N) is 2. The first kappa shape index (κ1) is 16.1. The lowest BCUT2D eigenvalue weighted by atomic mass is 9.96. The van der Waals surface area contributed by atoms with Crippen LogP contribution in [0.15, 0.2) is 60.9 Å². The van der Waals surface area contributed by atoms with E-state index in [1.54, 1.807) is 0 Å². The first-order valence-corrected chi connectivity index (χ1v) is 9.22. The van der Waals surface area contributed by atoms with Crippen LogP contribution in [0, 0.1) is 13.8 Å². The number of rotatable bonds is 2. The molecule has 0 saturated carbocycles. The van der Waals surface area contributed by atoms with Crippen molar-refractivity contribution >= 4 is 11.3 Å². The van der Waals surface area contributed by atoms with E-state index in [0.717, 1.165) is 44.8 Å². The maximum absolute atomic E-state index is 9.96. The number of imidazole rings is 1. The summed E-state index contributed by atoms with van der Waals surface area (Å²) < 4.78 is 2.10. The maximum atomic E-state index is 9.96. The summed E-state index contributed by atoms with van der Waals surface area (Å²) in [5.41, 5.74) is 9.90. The molecule has 3 heterocycles. The van der Waals surface area contributed by atoms with Gasteiger partial charge in [-0.2, -0.15) is 0 Å². The number of aliphatic hydroxyl groups is 1. The van der Waals surface area contributed by atoms with E-state index in [9.17, 15) is 5.11 Å². The molecule has 1 aliphatic rings. The lowest BCUT2D eigenvalue weighted by molar-refractivity contribution is 0.212. The molecule has 1 unspecified atom stereocenters. The Morgan fingerprint density at radius 3 is 2.67 bits per heavy atom. The normalized spacial score (nSPS) is 15.7. The number of pyridine rings is 1. The minimum atomic E-state index is -0.498. The molecule has 5 rings (SSSR count). The van der Waals surface area contributed by atoms with Gasteiger partial charge in [-0.05, 0) is 54.3 Å². The summed E-state index contributed by atoms with van der Waals surface area (Å²) >= 11 is 0. The zero-order chi connectivity index (χ0) is 18.5. The molecule has 0 fully saturated rings. The molecule has 0 saturated heterocycles. The number of fused-ring (bicyclic) bond motifs is 2. The third kappa shape index (κ3) is 2.61. The summed E-state index contributed by atoms with van der Waals surface area (Å²) in [5, 5.41) is 13.1. The first-order chi connectivity index (χ1) is 13.1. The lowest BCUT2D eigenvalue weighted by Crippen LogP contribution is -2.13. The molecule has 27 heavy (non-hydrogen) atoms. The summed E-state index contributed by atoms with van der Waals surface area (Å²) in [5.74, 6) is 0. The molecule has 1 atom stereocenters. The van der Waals surface area contributed by atoms with Gasteiger partial charge in [0.05, 0.1) is 5.69 Å². The minimum Gasteiger partial charge on any atom is -0.373 e. The number of aromatic nitrogens is 2. The third-order valence-electron chi connectivity index (χ3n) is 5.34. The van der Waals surface area contributed by atoms with Crippen LogP contribution in [0.2, 0.25) is 0 Å². The standard InChI is InChI=1S/C23H21N3O/c1-14-8-9-26-13-19(16-6-4-3-5-7-16)24-23(26)21(14)17-10-15(2)22-18(11-17)12-20(27)25-22/h3-11,13,20,25,27H,12H2,1-2H3. The average molecular weight is 355 g/mol. The highest BCUT2D eigenvalue weighted by Crippen LogP contribution is 2.36. The van der Waals surface area contributed by atoms with Crippen LogP contribution < -0.4 is 5.32 Å². The molecule has 2 N–H and O–H groups in total. The highest BCUT2D eigenvalue weighted by molar-refractivity contribution is 5.84. The Balaban J connectivity index is 1.72. The van der Waals surface area contributed by atoms with Crippen molar-refractivity contribution in [2.75, 3.05) is 5.32 Å². The SMILES string of the molecule is Cc1cc(-c2c(C)ccn3cc(-c4ccccc4)nc23)cc2c1NC(O)C2. The van der Waals surface area contributed by atoms with E-state index in [1.165, 1.54) is 5.56 Å². The molecule has 4 aromatic rings. The summed E-state index contributed by atoms with van der Waals surface area (Å²) in [7, 11) is 0. The Bertz CT molecular complexity index is 1160. The molecule has 4 heteroatoms. The quantitative estimate of drug-likeness (QED) is 0.554. The van der Waals surface area contributed by atoms with E-state index < -0.39 is 6.23 Å². The second-order valence-corrected chi connectivity index (χ2v) is 7.29. The highest BCUT2D eigenvalue weighted by atomic mass is 16.3. The predicted molar refractivity (Wildman–Crippen MR) is 109 cm³/mol. The van der Waals surface area contributed by atoms with E-state index in [4.69, 9.17) is 4.98 Å². The van der Waals surface area contributed by atoms with Gasteiger partial charge in [0.2, 0.25) is 0 Å². The van der Waals surface area contributed by atoms with Gasteiger partial charge in [0, 0.05) is 35.6 Å². The molecule has 1 aliphatic heterocycles. The number of hydrogen-bond donors (Lipinski definition) is 2. The lowest BCUT2D eigenvalue weighted by Gasteiger charge is -2.12. The third-order valence-corrected chi connectivity index (χ3v) is 5.34. The average Bonchev–Trinajstić information content (AvgIpc) is 3.25. The van der Waals surface area contributed by atoms with Crippen molar-refractivity contribution < 1.29 is 5.11 Å². The van der Waals surface area contributed by atoms with Gasteiger partial charge in [-0.1, -0.05) is 30.3 Å². The summed E-state index contributed by atoms with van der Waals surface area (Å²) in [6.45, 7) is 4.21. The Labute approximate surface area is 158 Å². The van der Waals surface area contributed by atoms with Crippen LogP contribution in [0.3, 0.4) is 0 Å². The van der Waals surface area contributed by atoms with Crippen molar-refractivity contribution in [1.29, 1.82) is 0 Å². The molecule has 0 bridgehead atoms. The zero-order valence-corrected chi connectivity index (χ0v) is 15.4. The monoisotopic (exact) mass is 355 g/mol. The van der Waals surface area contributed by atoms with Gasteiger partial charge in [-0.25, -0.2) is 4.98 Å². The topological polar surface area (TPSA) is 49.6 Å². The van der Waals surface area contributed by atoms with Crippen LogP contribution in [-0.2, 0) is 6.42 Å². The number of hydrogen-bond acceptors (Lipinski definition) is 3. The van der Waals surface area contributed by atoms with Crippen molar-refractivity contribution in [2.45, 2.75) is 26.5 Å². The van der Waals surface area contributed by atoms with Crippen molar-refractivity contribution in [1.82, 2.24) is 9.38 Å². The van der Waals surface area contributed by atoms with Gasteiger partial charge in [0.15, 0.2) is 0 Å². The number of anilines is 1. The highest BCUT2D eigenvalue weighted by Gasteiger charge is 2.22. The fraction of sp³-hybridized carbons (Fsp3) is 0.174. The van der Waals surface area contributed by atoms with E-state index in [-0.39, 0.29) is 0 Å². The molecule has 0 radical (unpaired) electrons. The fourth-order valence-electron chi connectivity index (χ4n) is 4.05.